The summed E-state index contributed by atoms with van der Waals surface area (Å²) in [4.78, 5) is 12.5. The standard InChI is InChI=1S/C26H31N5O3S/c1-3-34-22-11-7-8-20(24(22)33)16-27-28-23(32)17-35-26-30-29-25(19-14-12-18(2)13-15-19)31(26)21-9-5-4-6-10-21/h7-8,11-16,21,33H,3-6,9-10,17H2,1-2H3,(H,28,32)/b27-16+. The van der Waals surface area contributed by atoms with Gasteiger partial charge >= 0.3 is 0 Å². The molecule has 4 rings (SSSR count). The van der Waals surface area contributed by atoms with E-state index in [2.05, 4.69) is 56.5 Å². The first-order chi connectivity index (χ1) is 17.1. The van der Waals surface area contributed by atoms with Gasteiger partial charge < -0.3 is 9.84 Å². The number of aryl methyl sites for hydroxylation is 1. The van der Waals surface area contributed by atoms with Crippen molar-refractivity contribution in [1.29, 1.82) is 0 Å². The molecule has 8 nitrogen and oxygen atoms in total. The summed E-state index contributed by atoms with van der Waals surface area (Å²) < 4.78 is 7.59. The van der Waals surface area contributed by atoms with Gasteiger partial charge in [-0.25, -0.2) is 5.43 Å². The predicted octanol–water partition coefficient (Wildman–Crippen LogP) is 5.11. The van der Waals surface area contributed by atoms with E-state index < -0.39 is 0 Å². The number of carbonyl (C=O) groups is 1. The summed E-state index contributed by atoms with van der Waals surface area (Å²) in [6.07, 6.45) is 7.21. The predicted molar refractivity (Wildman–Crippen MR) is 138 cm³/mol. The lowest BCUT2D eigenvalue weighted by atomic mass is 9.95. The fourth-order valence-electron chi connectivity index (χ4n) is 4.19. The van der Waals surface area contributed by atoms with Crippen molar-refractivity contribution >= 4 is 23.9 Å². The monoisotopic (exact) mass is 493 g/mol. The summed E-state index contributed by atoms with van der Waals surface area (Å²) >= 11 is 1.36. The van der Waals surface area contributed by atoms with Gasteiger partial charge in [0.15, 0.2) is 22.5 Å². The smallest absolute Gasteiger partial charge is 0.250 e. The van der Waals surface area contributed by atoms with E-state index in [0.717, 1.165) is 29.4 Å². The van der Waals surface area contributed by atoms with Crippen molar-refractivity contribution in [3.8, 4) is 22.9 Å². The number of phenols is 1. The lowest BCUT2D eigenvalue weighted by Crippen LogP contribution is -2.20. The van der Waals surface area contributed by atoms with Gasteiger partial charge in [0.25, 0.3) is 5.91 Å². The van der Waals surface area contributed by atoms with E-state index in [1.165, 1.54) is 42.8 Å². The van der Waals surface area contributed by atoms with Crippen molar-refractivity contribution in [1.82, 2.24) is 20.2 Å². The first kappa shape index (κ1) is 24.8. The number of hydrogen-bond donors (Lipinski definition) is 2. The Hall–Kier alpha value is -3.33. The van der Waals surface area contributed by atoms with Gasteiger partial charge in [-0.2, -0.15) is 5.10 Å². The minimum atomic E-state index is -0.262. The van der Waals surface area contributed by atoms with Gasteiger partial charge in [-0.05, 0) is 38.8 Å². The average Bonchev–Trinajstić information content (AvgIpc) is 3.30. The van der Waals surface area contributed by atoms with Crippen LogP contribution in [0.2, 0.25) is 0 Å². The van der Waals surface area contributed by atoms with Crippen LogP contribution in [-0.2, 0) is 4.79 Å². The molecule has 0 unspecified atom stereocenters. The number of nitrogens with zero attached hydrogens (tertiary/aromatic N) is 4. The molecule has 2 aromatic carbocycles. The summed E-state index contributed by atoms with van der Waals surface area (Å²) in [5.74, 6) is 1.11. The Bertz CT molecular complexity index is 1170. The third kappa shape index (κ3) is 6.22. The number of carbonyl (C=O) groups excluding carboxylic acids is 1. The number of rotatable bonds is 9. The Balaban J connectivity index is 1.43. The van der Waals surface area contributed by atoms with Crippen molar-refractivity contribution in [2.75, 3.05) is 12.4 Å². The highest BCUT2D eigenvalue weighted by Crippen LogP contribution is 2.35. The minimum Gasteiger partial charge on any atom is -0.504 e. The van der Waals surface area contributed by atoms with E-state index >= 15 is 0 Å². The molecule has 0 spiro atoms. The average molecular weight is 494 g/mol. The topological polar surface area (TPSA) is 102 Å². The number of thioether (sulfide) groups is 1. The molecule has 1 aromatic heterocycles. The second-order valence-electron chi connectivity index (χ2n) is 8.54. The number of ether oxygens (including phenoxy) is 1. The van der Waals surface area contributed by atoms with E-state index in [-0.39, 0.29) is 17.4 Å². The molecular formula is C26H31N5O3S. The summed E-state index contributed by atoms with van der Waals surface area (Å²) in [5, 5.41) is 23.9. The highest BCUT2D eigenvalue weighted by Gasteiger charge is 2.24. The maximum absolute atomic E-state index is 12.5. The number of amides is 1. The highest BCUT2D eigenvalue weighted by atomic mass is 32.2. The zero-order valence-corrected chi connectivity index (χ0v) is 20.9. The van der Waals surface area contributed by atoms with E-state index in [1.807, 2.05) is 6.92 Å². The van der Waals surface area contributed by atoms with E-state index in [0.29, 0.717) is 24.0 Å². The first-order valence-electron chi connectivity index (χ1n) is 12.0. The van der Waals surface area contributed by atoms with Crippen molar-refractivity contribution in [3.05, 3.63) is 53.6 Å². The van der Waals surface area contributed by atoms with Gasteiger partial charge in [0, 0.05) is 17.2 Å². The Morgan fingerprint density at radius 3 is 2.71 bits per heavy atom. The van der Waals surface area contributed by atoms with Gasteiger partial charge in [0.1, 0.15) is 0 Å². The van der Waals surface area contributed by atoms with Crippen LogP contribution in [0.5, 0.6) is 11.5 Å². The molecule has 1 amide bonds. The number of benzene rings is 2. The van der Waals surface area contributed by atoms with Gasteiger partial charge in [0.05, 0.1) is 18.6 Å². The quantitative estimate of drug-likeness (QED) is 0.244. The Labute approximate surface area is 209 Å². The molecular weight excluding hydrogens is 462 g/mol. The third-order valence-electron chi connectivity index (χ3n) is 5.97. The molecule has 1 fully saturated rings. The maximum Gasteiger partial charge on any atom is 0.250 e. The second kappa shape index (κ2) is 11.9. The number of hydrogen-bond acceptors (Lipinski definition) is 7. The molecule has 3 aromatic rings. The number of hydrazone groups is 1. The highest BCUT2D eigenvalue weighted by molar-refractivity contribution is 7.99. The lowest BCUT2D eigenvalue weighted by molar-refractivity contribution is -0.118. The Kier molecular flexibility index (Phi) is 8.41. The van der Waals surface area contributed by atoms with Crippen molar-refractivity contribution in [2.45, 2.75) is 57.1 Å². The van der Waals surface area contributed by atoms with Crippen LogP contribution in [0.25, 0.3) is 11.4 Å². The van der Waals surface area contributed by atoms with Crippen molar-refractivity contribution < 1.29 is 14.6 Å². The van der Waals surface area contributed by atoms with Gasteiger partial charge in [0.2, 0.25) is 0 Å². The molecule has 0 atom stereocenters. The van der Waals surface area contributed by atoms with E-state index in [4.69, 9.17) is 4.74 Å². The number of aromatic hydroxyl groups is 1. The number of phenolic OH excluding ortho intramolecular Hbond substituents is 1. The third-order valence-corrected chi connectivity index (χ3v) is 6.91. The van der Waals surface area contributed by atoms with Crippen LogP contribution in [0, 0.1) is 6.92 Å². The lowest BCUT2D eigenvalue weighted by Gasteiger charge is -2.25. The van der Waals surface area contributed by atoms with Gasteiger partial charge in [-0.15, -0.1) is 10.2 Å². The van der Waals surface area contributed by atoms with Crippen LogP contribution < -0.4 is 10.2 Å². The molecule has 35 heavy (non-hydrogen) atoms. The Morgan fingerprint density at radius 2 is 1.97 bits per heavy atom. The Morgan fingerprint density at radius 1 is 1.20 bits per heavy atom. The second-order valence-corrected chi connectivity index (χ2v) is 9.49. The van der Waals surface area contributed by atoms with Crippen LogP contribution in [0.4, 0.5) is 0 Å². The number of aromatic nitrogens is 3. The zero-order valence-electron chi connectivity index (χ0n) is 20.1. The number of para-hydroxylation sites is 1. The van der Waals surface area contributed by atoms with Crippen molar-refractivity contribution in [3.63, 3.8) is 0 Å². The van der Waals surface area contributed by atoms with Gasteiger partial charge in [-0.3, -0.25) is 9.36 Å². The zero-order chi connectivity index (χ0) is 24.6. The van der Waals surface area contributed by atoms with Crippen LogP contribution >= 0.6 is 11.8 Å². The molecule has 184 valence electrons. The molecule has 0 saturated heterocycles. The molecule has 1 saturated carbocycles. The molecule has 2 N–H and O–H groups in total. The SMILES string of the molecule is CCOc1cccc(/C=N/NC(=O)CSc2nnc(-c3ccc(C)cc3)n2C2CCCCC2)c1O. The van der Waals surface area contributed by atoms with Crippen LogP contribution in [0.15, 0.2) is 52.7 Å². The summed E-state index contributed by atoms with van der Waals surface area (Å²) in [6, 6.07) is 13.8. The van der Waals surface area contributed by atoms with Crippen LogP contribution in [0.1, 0.15) is 56.2 Å². The summed E-state index contributed by atoms with van der Waals surface area (Å²) in [7, 11) is 0. The van der Waals surface area contributed by atoms with Crippen LogP contribution in [0.3, 0.4) is 0 Å². The molecule has 9 heteroatoms. The molecule has 1 heterocycles. The molecule has 0 radical (unpaired) electrons. The van der Waals surface area contributed by atoms with E-state index in [1.54, 1.807) is 18.2 Å². The largest absolute Gasteiger partial charge is 0.504 e. The van der Waals surface area contributed by atoms with Crippen molar-refractivity contribution in [2.24, 2.45) is 5.10 Å². The summed E-state index contributed by atoms with van der Waals surface area (Å²) in [5.41, 5.74) is 5.21. The molecule has 1 aliphatic rings. The first-order valence-corrected chi connectivity index (χ1v) is 13.0. The minimum absolute atomic E-state index is 0.00839. The normalized spacial score (nSPS) is 14.3. The number of nitrogens with one attached hydrogen (secondary N) is 1. The van der Waals surface area contributed by atoms with E-state index in [9.17, 15) is 9.90 Å². The van der Waals surface area contributed by atoms with Crippen LogP contribution in [-0.4, -0.2) is 44.4 Å². The maximum atomic E-state index is 12.5. The summed E-state index contributed by atoms with van der Waals surface area (Å²) in [6.45, 7) is 4.35. The molecule has 0 bridgehead atoms. The molecule has 0 aliphatic heterocycles. The van der Waals surface area contributed by atoms with Gasteiger partial charge in [-0.1, -0.05) is 66.9 Å². The molecule has 1 aliphatic carbocycles. The fourth-order valence-corrected chi connectivity index (χ4v) is 4.99. The fraction of sp³-hybridized carbons (Fsp3) is 0.385.